The van der Waals surface area contributed by atoms with Crippen molar-refractivity contribution >= 4 is 42.1 Å². The van der Waals surface area contributed by atoms with Crippen molar-refractivity contribution in [1.82, 2.24) is 15.2 Å². The first-order chi connectivity index (χ1) is 11.2. The number of halogens is 2. The molecule has 1 aliphatic rings. The minimum Gasteiger partial charge on any atom is -0.336 e. The Labute approximate surface area is 165 Å². The summed E-state index contributed by atoms with van der Waals surface area (Å²) in [6, 6.07) is 10.7. The van der Waals surface area contributed by atoms with Crippen molar-refractivity contribution in [2.45, 2.75) is 32.2 Å². The molecule has 1 atom stereocenters. The summed E-state index contributed by atoms with van der Waals surface area (Å²) in [5, 5.41) is 4.30. The number of benzene rings is 1. The largest absolute Gasteiger partial charge is 0.336 e. The van der Waals surface area contributed by atoms with Crippen molar-refractivity contribution in [3.63, 3.8) is 0 Å². The van der Waals surface area contributed by atoms with Gasteiger partial charge in [-0.15, -0.1) is 36.2 Å². The highest BCUT2D eigenvalue weighted by atomic mass is 35.5. The molecule has 0 saturated carbocycles. The fourth-order valence-corrected chi connectivity index (χ4v) is 4.10. The predicted molar refractivity (Wildman–Crippen MR) is 109 cm³/mol. The molecule has 0 aliphatic carbocycles. The van der Waals surface area contributed by atoms with E-state index in [2.05, 4.69) is 22.4 Å². The van der Waals surface area contributed by atoms with Crippen LogP contribution in [0.25, 0.3) is 0 Å². The number of aromatic nitrogens is 1. The number of thiazole rings is 1. The van der Waals surface area contributed by atoms with E-state index >= 15 is 0 Å². The number of hydrogen-bond acceptors (Lipinski definition) is 4. The van der Waals surface area contributed by atoms with Crippen LogP contribution in [0.1, 0.15) is 38.8 Å². The standard InChI is InChI=1S/C18H23N3OS.2ClH/c1-13-17(18(22)21-10-6-9-15(12-21)19-2)23-16(20-13)11-14-7-4-3-5-8-14;;/h3-5,7-8,15,19H,6,9-12H2,1-2H3;2*1H. The van der Waals surface area contributed by atoms with Gasteiger partial charge in [-0.05, 0) is 32.4 Å². The van der Waals surface area contributed by atoms with Gasteiger partial charge in [0, 0.05) is 25.6 Å². The Morgan fingerprint density at radius 2 is 2.04 bits per heavy atom. The van der Waals surface area contributed by atoms with E-state index < -0.39 is 0 Å². The molecule has 3 rings (SSSR count). The highest BCUT2D eigenvalue weighted by Gasteiger charge is 2.26. The van der Waals surface area contributed by atoms with E-state index in [1.54, 1.807) is 11.3 Å². The van der Waals surface area contributed by atoms with Crippen molar-refractivity contribution in [3.8, 4) is 0 Å². The molecule has 138 valence electrons. The minimum atomic E-state index is 0. The van der Waals surface area contributed by atoms with Gasteiger partial charge in [0.2, 0.25) is 0 Å². The molecule has 2 heterocycles. The Bertz CT molecular complexity index is 678. The summed E-state index contributed by atoms with van der Waals surface area (Å²) in [7, 11) is 1.97. The average molecular weight is 402 g/mol. The number of likely N-dealkylation sites (N-methyl/N-ethyl adjacent to an activating group) is 1. The summed E-state index contributed by atoms with van der Waals surface area (Å²) >= 11 is 1.54. The number of piperidine rings is 1. The van der Waals surface area contributed by atoms with E-state index in [-0.39, 0.29) is 30.7 Å². The van der Waals surface area contributed by atoms with Crippen molar-refractivity contribution in [2.75, 3.05) is 20.1 Å². The van der Waals surface area contributed by atoms with Gasteiger partial charge in [-0.3, -0.25) is 4.79 Å². The summed E-state index contributed by atoms with van der Waals surface area (Å²) in [6.45, 7) is 3.58. The second-order valence-electron chi connectivity index (χ2n) is 6.06. The Balaban J connectivity index is 0.00000156. The predicted octanol–water partition coefficient (Wildman–Crippen LogP) is 3.71. The third-order valence-electron chi connectivity index (χ3n) is 4.35. The summed E-state index contributed by atoms with van der Waals surface area (Å²) < 4.78 is 0. The Hall–Kier alpha value is -1.14. The smallest absolute Gasteiger partial charge is 0.265 e. The molecule has 0 spiro atoms. The minimum absolute atomic E-state index is 0. The van der Waals surface area contributed by atoms with Crippen molar-refractivity contribution < 1.29 is 4.79 Å². The zero-order valence-electron chi connectivity index (χ0n) is 14.5. The molecule has 1 unspecified atom stereocenters. The SMILES string of the molecule is CNC1CCCN(C(=O)c2sc(Cc3ccccc3)nc2C)C1.Cl.Cl. The van der Waals surface area contributed by atoms with Crippen LogP contribution in [0.4, 0.5) is 0 Å². The van der Waals surface area contributed by atoms with E-state index in [1.807, 2.05) is 37.1 Å². The molecule has 1 saturated heterocycles. The first-order valence-electron chi connectivity index (χ1n) is 8.14. The van der Waals surface area contributed by atoms with Gasteiger partial charge < -0.3 is 10.2 Å². The van der Waals surface area contributed by atoms with Crippen LogP contribution in [0.5, 0.6) is 0 Å². The molecule has 1 aromatic carbocycles. The number of carbonyl (C=O) groups excluding carboxylic acids is 1. The fraction of sp³-hybridized carbons (Fsp3) is 0.444. The number of rotatable bonds is 4. The lowest BCUT2D eigenvalue weighted by molar-refractivity contribution is 0.0702. The van der Waals surface area contributed by atoms with Gasteiger partial charge in [0.05, 0.1) is 10.7 Å². The monoisotopic (exact) mass is 401 g/mol. The zero-order valence-corrected chi connectivity index (χ0v) is 17.0. The molecule has 25 heavy (non-hydrogen) atoms. The molecule has 1 amide bonds. The van der Waals surface area contributed by atoms with Gasteiger partial charge in [0.15, 0.2) is 0 Å². The zero-order chi connectivity index (χ0) is 16.2. The maximum absolute atomic E-state index is 12.8. The van der Waals surface area contributed by atoms with Gasteiger partial charge in [0.25, 0.3) is 5.91 Å². The van der Waals surface area contributed by atoms with Crippen LogP contribution in [0.2, 0.25) is 0 Å². The number of carbonyl (C=O) groups is 1. The van der Waals surface area contributed by atoms with Crippen LogP contribution in [0, 0.1) is 6.92 Å². The second kappa shape index (κ2) is 10.1. The molecule has 2 aromatic rings. The Kier molecular flexibility index (Phi) is 8.86. The first-order valence-corrected chi connectivity index (χ1v) is 8.96. The van der Waals surface area contributed by atoms with Crippen LogP contribution in [-0.4, -0.2) is 42.0 Å². The second-order valence-corrected chi connectivity index (χ2v) is 7.15. The quantitative estimate of drug-likeness (QED) is 0.848. The van der Waals surface area contributed by atoms with Crippen molar-refractivity contribution in [3.05, 3.63) is 51.5 Å². The van der Waals surface area contributed by atoms with Crippen LogP contribution in [0.3, 0.4) is 0 Å². The van der Waals surface area contributed by atoms with Gasteiger partial charge in [0.1, 0.15) is 4.88 Å². The first kappa shape index (κ1) is 21.9. The molecule has 1 aromatic heterocycles. The molecule has 7 heteroatoms. The lowest BCUT2D eigenvalue weighted by atomic mass is 10.1. The molecule has 1 fully saturated rings. The Morgan fingerprint density at radius 1 is 1.32 bits per heavy atom. The fourth-order valence-electron chi connectivity index (χ4n) is 3.04. The van der Waals surface area contributed by atoms with Gasteiger partial charge in [-0.2, -0.15) is 0 Å². The molecule has 1 aliphatic heterocycles. The maximum atomic E-state index is 12.8. The van der Waals surface area contributed by atoms with Crippen LogP contribution >= 0.6 is 36.2 Å². The van der Waals surface area contributed by atoms with Crippen LogP contribution < -0.4 is 5.32 Å². The number of hydrogen-bond donors (Lipinski definition) is 1. The topological polar surface area (TPSA) is 45.2 Å². The summed E-state index contributed by atoms with van der Waals surface area (Å²) in [5.74, 6) is 0.138. The molecule has 1 N–H and O–H groups in total. The van der Waals surface area contributed by atoms with E-state index in [9.17, 15) is 4.79 Å². The van der Waals surface area contributed by atoms with Crippen molar-refractivity contribution in [1.29, 1.82) is 0 Å². The number of nitrogens with one attached hydrogen (secondary N) is 1. The number of aryl methyl sites for hydroxylation is 1. The van der Waals surface area contributed by atoms with Crippen LogP contribution in [-0.2, 0) is 6.42 Å². The molecule has 4 nitrogen and oxygen atoms in total. The number of likely N-dealkylation sites (tertiary alicyclic amines) is 1. The normalized spacial score (nSPS) is 16.7. The van der Waals surface area contributed by atoms with E-state index in [0.717, 1.165) is 47.9 Å². The Morgan fingerprint density at radius 3 is 2.72 bits per heavy atom. The number of amides is 1. The van der Waals surface area contributed by atoms with Gasteiger partial charge in [-0.25, -0.2) is 4.98 Å². The third kappa shape index (κ3) is 5.42. The summed E-state index contributed by atoms with van der Waals surface area (Å²) in [4.78, 5) is 20.2. The van der Waals surface area contributed by atoms with E-state index in [0.29, 0.717) is 6.04 Å². The van der Waals surface area contributed by atoms with E-state index in [4.69, 9.17) is 0 Å². The van der Waals surface area contributed by atoms with E-state index in [1.165, 1.54) is 5.56 Å². The lowest BCUT2D eigenvalue weighted by Crippen LogP contribution is -2.46. The summed E-state index contributed by atoms with van der Waals surface area (Å²) in [5.41, 5.74) is 2.09. The average Bonchev–Trinajstić information content (AvgIpc) is 2.95. The maximum Gasteiger partial charge on any atom is 0.265 e. The third-order valence-corrected chi connectivity index (χ3v) is 5.50. The van der Waals surface area contributed by atoms with Crippen LogP contribution in [0.15, 0.2) is 30.3 Å². The molecular formula is C18H25Cl2N3OS. The highest BCUT2D eigenvalue weighted by molar-refractivity contribution is 7.13. The highest BCUT2D eigenvalue weighted by Crippen LogP contribution is 2.24. The van der Waals surface area contributed by atoms with Crippen molar-refractivity contribution in [2.24, 2.45) is 0 Å². The lowest BCUT2D eigenvalue weighted by Gasteiger charge is -2.32. The van der Waals surface area contributed by atoms with Gasteiger partial charge >= 0.3 is 0 Å². The van der Waals surface area contributed by atoms with Gasteiger partial charge in [-0.1, -0.05) is 30.3 Å². The molecule has 0 bridgehead atoms. The number of nitrogens with zero attached hydrogens (tertiary/aromatic N) is 2. The summed E-state index contributed by atoms with van der Waals surface area (Å²) in [6.07, 6.45) is 2.99. The molecule has 0 radical (unpaired) electrons. The molecular weight excluding hydrogens is 377 g/mol.